The SMILES string of the molecule is C=CN(CC(=O)C(C)=O)c1ccc2nc(C(C)/C=C\C(C)=CC)[nH]c2c1. The van der Waals surface area contributed by atoms with Crippen LogP contribution < -0.4 is 4.90 Å². The topological polar surface area (TPSA) is 66.1 Å². The van der Waals surface area contributed by atoms with Gasteiger partial charge in [0, 0.05) is 18.5 Å². The van der Waals surface area contributed by atoms with Crippen molar-refractivity contribution in [2.45, 2.75) is 33.6 Å². The van der Waals surface area contributed by atoms with E-state index in [1.54, 1.807) is 11.1 Å². The van der Waals surface area contributed by atoms with Gasteiger partial charge in [-0.25, -0.2) is 4.98 Å². The molecule has 1 atom stereocenters. The average molecular weight is 351 g/mol. The Morgan fingerprint density at radius 1 is 1.35 bits per heavy atom. The Labute approximate surface area is 154 Å². The fourth-order valence-corrected chi connectivity index (χ4v) is 2.42. The molecule has 0 fully saturated rings. The molecule has 5 heteroatoms. The van der Waals surface area contributed by atoms with Crippen LogP contribution in [0.15, 0.2) is 54.8 Å². The Morgan fingerprint density at radius 2 is 2.08 bits per heavy atom. The van der Waals surface area contributed by atoms with E-state index in [2.05, 4.69) is 48.6 Å². The van der Waals surface area contributed by atoms with Crippen LogP contribution in [0.25, 0.3) is 11.0 Å². The maximum atomic E-state index is 11.7. The lowest BCUT2D eigenvalue weighted by atomic mass is 10.1. The molecule has 1 aromatic heterocycles. The highest BCUT2D eigenvalue weighted by Crippen LogP contribution is 2.24. The number of Topliss-reactive ketones (excluding diaryl/α,β-unsaturated/α-hetero) is 2. The van der Waals surface area contributed by atoms with Gasteiger partial charge in [0.1, 0.15) is 5.82 Å². The molecule has 0 bridgehead atoms. The van der Waals surface area contributed by atoms with Gasteiger partial charge in [-0.3, -0.25) is 9.59 Å². The van der Waals surface area contributed by atoms with E-state index in [0.29, 0.717) is 0 Å². The van der Waals surface area contributed by atoms with E-state index < -0.39 is 11.6 Å². The summed E-state index contributed by atoms with van der Waals surface area (Å²) in [5.74, 6) is 0.116. The molecule has 0 saturated carbocycles. The number of aromatic amines is 1. The summed E-state index contributed by atoms with van der Waals surface area (Å²) in [6.07, 6.45) is 7.79. The fourth-order valence-electron chi connectivity index (χ4n) is 2.42. The standard InChI is InChI=1S/C21H25N3O2/c1-6-14(3)8-9-15(4)21-22-18-11-10-17(12-19(18)23-21)24(7-2)13-20(26)16(5)25/h6-12,15H,2,13H2,1,3-5H3,(H,22,23)/b9-8-,14-6?. The number of carbonyl (C=O) groups excluding carboxylic acids is 2. The molecule has 0 aliphatic rings. The lowest BCUT2D eigenvalue weighted by Gasteiger charge is -2.18. The molecule has 1 aromatic carbocycles. The summed E-state index contributed by atoms with van der Waals surface area (Å²) in [5.41, 5.74) is 3.72. The van der Waals surface area contributed by atoms with E-state index in [1.807, 2.05) is 25.1 Å². The third kappa shape index (κ3) is 4.57. The Morgan fingerprint density at radius 3 is 2.69 bits per heavy atom. The van der Waals surface area contributed by atoms with Gasteiger partial charge in [-0.05, 0) is 38.2 Å². The van der Waals surface area contributed by atoms with Gasteiger partial charge in [-0.15, -0.1) is 0 Å². The molecule has 2 aromatic rings. The molecule has 0 aliphatic heterocycles. The Kier molecular flexibility index (Phi) is 6.28. The van der Waals surface area contributed by atoms with Crippen LogP contribution in [0.3, 0.4) is 0 Å². The van der Waals surface area contributed by atoms with Gasteiger partial charge in [-0.2, -0.15) is 0 Å². The van der Waals surface area contributed by atoms with Crippen LogP contribution in [0.5, 0.6) is 0 Å². The fraction of sp³-hybridized carbons (Fsp3) is 0.286. The smallest absolute Gasteiger partial charge is 0.217 e. The molecule has 0 saturated heterocycles. The second-order valence-electron chi connectivity index (χ2n) is 6.29. The lowest BCUT2D eigenvalue weighted by molar-refractivity contribution is -0.134. The summed E-state index contributed by atoms with van der Waals surface area (Å²) >= 11 is 0. The first-order chi connectivity index (χ1) is 12.3. The van der Waals surface area contributed by atoms with E-state index >= 15 is 0 Å². The maximum Gasteiger partial charge on any atom is 0.217 e. The van der Waals surface area contributed by atoms with E-state index in [9.17, 15) is 9.59 Å². The number of imidazole rings is 1. The van der Waals surface area contributed by atoms with Crippen LogP contribution in [-0.4, -0.2) is 28.1 Å². The van der Waals surface area contributed by atoms with Crippen LogP contribution in [0.4, 0.5) is 5.69 Å². The van der Waals surface area contributed by atoms with Crippen molar-refractivity contribution in [3.63, 3.8) is 0 Å². The molecule has 2 rings (SSSR count). The zero-order valence-electron chi connectivity index (χ0n) is 15.7. The second kappa shape index (κ2) is 8.43. The molecule has 5 nitrogen and oxygen atoms in total. The van der Waals surface area contributed by atoms with Crippen molar-refractivity contribution >= 4 is 28.3 Å². The number of benzene rings is 1. The van der Waals surface area contributed by atoms with Crippen LogP contribution in [0.1, 0.15) is 39.4 Å². The van der Waals surface area contributed by atoms with Gasteiger partial charge in [0.2, 0.25) is 5.78 Å². The molecule has 1 heterocycles. The van der Waals surface area contributed by atoms with Crippen LogP contribution in [0.2, 0.25) is 0 Å². The molecular weight excluding hydrogens is 326 g/mol. The second-order valence-corrected chi connectivity index (χ2v) is 6.29. The summed E-state index contributed by atoms with van der Waals surface area (Å²) in [6, 6.07) is 5.67. The van der Waals surface area contributed by atoms with Crippen molar-refractivity contribution in [1.82, 2.24) is 9.97 Å². The number of anilines is 1. The average Bonchev–Trinajstić information content (AvgIpc) is 3.06. The minimum atomic E-state index is -0.459. The first kappa shape index (κ1) is 19.4. The van der Waals surface area contributed by atoms with Gasteiger partial charge >= 0.3 is 0 Å². The van der Waals surface area contributed by atoms with Gasteiger partial charge in [0.25, 0.3) is 0 Å². The summed E-state index contributed by atoms with van der Waals surface area (Å²) in [5, 5.41) is 0. The Hall–Kier alpha value is -2.95. The summed E-state index contributed by atoms with van der Waals surface area (Å²) in [6.45, 7) is 11.1. The van der Waals surface area contributed by atoms with Gasteiger partial charge < -0.3 is 9.88 Å². The lowest BCUT2D eigenvalue weighted by Crippen LogP contribution is -2.28. The van der Waals surface area contributed by atoms with E-state index in [1.165, 1.54) is 12.5 Å². The van der Waals surface area contributed by atoms with Crippen molar-refractivity contribution in [2.75, 3.05) is 11.4 Å². The van der Waals surface area contributed by atoms with Crippen LogP contribution >= 0.6 is 0 Å². The first-order valence-electron chi connectivity index (χ1n) is 8.59. The van der Waals surface area contributed by atoms with E-state index in [4.69, 9.17) is 0 Å². The van der Waals surface area contributed by atoms with Gasteiger partial charge in [0.05, 0.1) is 17.6 Å². The molecular formula is C21H25N3O2. The van der Waals surface area contributed by atoms with Crippen LogP contribution in [-0.2, 0) is 9.59 Å². The molecule has 0 spiro atoms. The number of carbonyl (C=O) groups is 2. The Bertz CT molecular complexity index is 890. The van der Waals surface area contributed by atoms with E-state index in [0.717, 1.165) is 22.5 Å². The third-order valence-electron chi connectivity index (χ3n) is 4.28. The number of hydrogen-bond donors (Lipinski definition) is 1. The highest BCUT2D eigenvalue weighted by molar-refractivity contribution is 6.37. The summed E-state index contributed by atoms with van der Waals surface area (Å²) in [7, 11) is 0. The van der Waals surface area contributed by atoms with Crippen molar-refractivity contribution in [1.29, 1.82) is 0 Å². The largest absolute Gasteiger partial charge is 0.341 e. The molecule has 0 amide bonds. The number of ketones is 2. The molecule has 0 radical (unpaired) electrons. The Balaban J connectivity index is 2.28. The molecule has 26 heavy (non-hydrogen) atoms. The number of allylic oxidation sites excluding steroid dienone is 4. The van der Waals surface area contributed by atoms with Crippen molar-refractivity contribution in [3.05, 3.63) is 60.6 Å². The molecule has 1 unspecified atom stereocenters. The van der Waals surface area contributed by atoms with Gasteiger partial charge in [-0.1, -0.05) is 37.3 Å². The first-order valence-corrected chi connectivity index (χ1v) is 8.59. The molecule has 0 aliphatic carbocycles. The zero-order chi connectivity index (χ0) is 19.3. The highest BCUT2D eigenvalue weighted by Gasteiger charge is 2.14. The summed E-state index contributed by atoms with van der Waals surface area (Å²) in [4.78, 5) is 32.6. The summed E-state index contributed by atoms with van der Waals surface area (Å²) < 4.78 is 0. The van der Waals surface area contributed by atoms with Crippen molar-refractivity contribution < 1.29 is 9.59 Å². The quantitative estimate of drug-likeness (QED) is 0.569. The maximum absolute atomic E-state index is 11.7. The zero-order valence-corrected chi connectivity index (χ0v) is 15.7. The number of fused-ring (bicyclic) bond motifs is 1. The normalized spacial score (nSPS) is 13.2. The molecule has 1 N–H and O–H groups in total. The predicted molar refractivity (Wildman–Crippen MR) is 106 cm³/mol. The molecule has 136 valence electrons. The number of rotatable bonds is 8. The monoisotopic (exact) mass is 351 g/mol. The number of nitrogens with one attached hydrogen (secondary N) is 1. The number of H-pyrrole nitrogens is 1. The highest BCUT2D eigenvalue weighted by atomic mass is 16.2. The number of hydrogen-bond acceptors (Lipinski definition) is 4. The van der Waals surface area contributed by atoms with E-state index in [-0.39, 0.29) is 12.5 Å². The number of aromatic nitrogens is 2. The number of nitrogens with zero attached hydrogens (tertiary/aromatic N) is 2. The van der Waals surface area contributed by atoms with Crippen molar-refractivity contribution in [2.24, 2.45) is 0 Å². The van der Waals surface area contributed by atoms with Gasteiger partial charge in [0.15, 0.2) is 5.78 Å². The minimum absolute atomic E-state index is 0.0207. The van der Waals surface area contributed by atoms with Crippen molar-refractivity contribution in [3.8, 4) is 0 Å². The van der Waals surface area contributed by atoms with Crippen LogP contribution in [0, 0.1) is 0 Å². The predicted octanol–water partition coefficient (Wildman–Crippen LogP) is 4.30. The third-order valence-corrected chi connectivity index (χ3v) is 4.28. The minimum Gasteiger partial charge on any atom is -0.341 e.